The second-order valence-corrected chi connectivity index (χ2v) is 4.67. The molecule has 0 aliphatic rings. The molecule has 0 aliphatic carbocycles. The summed E-state index contributed by atoms with van der Waals surface area (Å²) >= 11 is 0. The van der Waals surface area contributed by atoms with Crippen LogP contribution in [0.1, 0.15) is 26.5 Å². The molecular weight excluding hydrogens is 188 g/mol. The lowest BCUT2D eigenvalue weighted by molar-refractivity contribution is -0.517. The quantitative estimate of drug-likeness (QED) is 0.602. The van der Waals surface area contributed by atoms with Gasteiger partial charge in [0.05, 0.1) is 5.88 Å². The van der Waals surface area contributed by atoms with Crippen LogP contribution < -0.4 is 9.51 Å². The van der Waals surface area contributed by atoms with E-state index in [2.05, 4.69) is 4.98 Å². The van der Waals surface area contributed by atoms with Crippen molar-refractivity contribution in [1.82, 2.24) is 4.98 Å². The molecule has 0 aliphatic heterocycles. The first-order valence-electron chi connectivity index (χ1n) is 4.97. The maximum absolute atomic E-state index is 11.7. The highest BCUT2D eigenvalue weighted by molar-refractivity contribution is 5.47. The second-order valence-electron chi connectivity index (χ2n) is 4.67. The van der Waals surface area contributed by atoms with Gasteiger partial charge in [-0.3, -0.25) is 4.98 Å². The van der Waals surface area contributed by atoms with Crippen molar-refractivity contribution in [2.45, 2.75) is 26.2 Å². The average Bonchev–Trinajstić information content (AvgIpc) is 2.16. The van der Waals surface area contributed by atoms with Gasteiger partial charge in [0.25, 0.3) is 0 Å². The molecule has 2 aromatic rings. The Hall–Kier alpha value is -1.64. The van der Waals surface area contributed by atoms with E-state index in [9.17, 15) is 5.11 Å². The Morgan fingerprint density at radius 1 is 1.27 bits per heavy atom. The Kier molecular flexibility index (Phi) is 2.11. The van der Waals surface area contributed by atoms with Gasteiger partial charge in [-0.25, -0.2) is 0 Å². The van der Waals surface area contributed by atoms with Crippen LogP contribution in [0.15, 0.2) is 30.6 Å². The number of hydrogen-bond acceptors (Lipinski definition) is 2. The summed E-state index contributed by atoms with van der Waals surface area (Å²) in [6.07, 6.45) is 3.78. The van der Waals surface area contributed by atoms with E-state index in [4.69, 9.17) is 0 Å². The van der Waals surface area contributed by atoms with Crippen molar-refractivity contribution in [2.24, 2.45) is 0 Å². The summed E-state index contributed by atoms with van der Waals surface area (Å²) in [5.41, 5.74) is 1.33. The molecule has 0 N–H and O–H groups in total. The van der Waals surface area contributed by atoms with E-state index in [0.29, 0.717) is 5.52 Å². The van der Waals surface area contributed by atoms with Crippen molar-refractivity contribution in [3.05, 3.63) is 36.3 Å². The molecule has 0 spiro atoms. The zero-order valence-corrected chi connectivity index (χ0v) is 9.19. The molecular formula is C12H14N2O. The lowest BCUT2D eigenvalue weighted by atomic mass is 9.92. The Morgan fingerprint density at radius 3 is 2.67 bits per heavy atom. The molecule has 15 heavy (non-hydrogen) atoms. The smallest absolute Gasteiger partial charge is 0.221 e. The summed E-state index contributed by atoms with van der Waals surface area (Å²) in [6, 6.07) is 5.52. The fourth-order valence-electron chi connectivity index (χ4n) is 1.44. The highest BCUT2D eigenvalue weighted by Crippen LogP contribution is 2.20. The Morgan fingerprint density at radius 2 is 2.00 bits per heavy atom. The van der Waals surface area contributed by atoms with Crippen LogP contribution in [0, 0.1) is 0 Å². The van der Waals surface area contributed by atoms with E-state index in [-0.39, 0.29) is 11.3 Å². The van der Waals surface area contributed by atoms with Gasteiger partial charge < -0.3 is 5.11 Å². The predicted molar refractivity (Wildman–Crippen MR) is 55.5 cm³/mol. The van der Waals surface area contributed by atoms with Crippen molar-refractivity contribution < 1.29 is 9.51 Å². The average molecular weight is 202 g/mol. The van der Waals surface area contributed by atoms with Crippen molar-refractivity contribution in [3.63, 3.8) is 0 Å². The molecule has 3 nitrogen and oxygen atoms in total. The highest BCUT2D eigenvalue weighted by Gasteiger charge is 2.19. The number of aromatic nitrogens is 2. The molecule has 0 saturated heterocycles. The zero-order chi connectivity index (χ0) is 11.1. The van der Waals surface area contributed by atoms with Crippen molar-refractivity contribution >= 4 is 5.52 Å². The van der Waals surface area contributed by atoms with Crippen LogP contribution in [0.25, 0.3) is 5.52 Å². The van der Waals surface area contributed by atoms with Crippen molar-refractivity contribution in [1.29, 1.82) is 0 Å². The van der Waals surface area contributed by atoms with Gasteiger partial charge in [-0.15, -0.1) is 0 Å². The van der Waals surface area contributed by atoms with E-state index in [0.717, 1.165) is 5.69 Å². The number of nitrogens with zero attached hydrogens (tertiary/aromatic N) is 2. The van der Waals surface area contributed by atoms with E-state index in [1.54, 1.807) is 6.07 Å². The fraction of sp³-hybridized carbons (Fsp3) is 0.333. The van der Waals surface area contributed by atoms with E-state index >= 15 is 0 Å². The minimum atomic E-state index is -0.164. The molecule has 0 amide bonds. The van der Waals surface area contributed by atoms with E-state index < -0.39 is 0 Å². The third-order valence-electron chi connectivity index (χ3n) is 2.36. The standard InChI is InChI=1S/C12H14N2O/c1-12(2,3)10-8-14-7-5-4-6-9(14)11(15)13-10/h4-8H,1-3H3. The molecule has 2 rings (SSSR count). The molecule has 78 valence electrons. The molecule has 0 aromatic carbocycles. The minimum absolute atomic E-state index is 0.101. The Bertz CT molecular complexity index is 500. The molecule has 0 radical (unpaired) electrons. The van der Waals surface area contributed by atoms with Gasteiger partial charge in [-0.05, 0) is 6.07 Å². The first-order chi connectivity index (χ1) is 6.98. The van der Waals surface area contributed by atoms with Crippen LogP contribution in [0.4, 0.5) is 0 Å². The van der Waals surface area contributed by atoms with Crippen molar-refractivity contribution in [2.75, 3.05) is 0 Å². The summed E-state index contributed by atoms with van der Waals surface area (Å²) in [7, 11) is 0. The summed E-state index contributed by atoms with van der Waals surface area (Å²) in [4.78, 5) is 4.10. The number of hydrogen-bond donors (Lipinski definition) is 0. The van der Waals surface area contributed by atoms with Crippen LogP contribution in [0.3, 0.4) is 0 Å². The monoisotopic (exact) mass is 202 g/mol. The van der Waals surface area contributed by atoms with Gasteiger partial charge in [-0.1, -0.05) is 20.8 Å². The molecule has 3 heteroatoms. The summed E-state index contributed by atoms with van der Waals surface area (Å²) in [5.74, 6) is -0.164. The maximum Gasteiger partial charge on any atom is 0.221 e. The van der Waals surface area contributed by atoms with Crippen LogP contribution in [-0.2, 0) is 5.41 Å². The van der Waals surface area contributed by atoms with E-state index in [1.165, 1.54) is 0 Å². The molecule has 0 fully saturated rings. The largest absolute Gasteiger partial charge is 0.854 e. The summed E-state index contributed by atoms with van der Waals surface area (Å²) in [5, 5.41) is 11.7. The lowest BCUT2D eigenvalue weighted by Gasteiger charge is -2.17. The third kappa shape index (κ3) is 1.77. The Balaban J connectivity index is 2.73. The first-order valence-corrected chi connectivity index (χ1v) is 4.97. The number of pyridine rings is 1. The molecule has 0 atom stereocenters. The van der Waals surface area contributed by atoms with Crippen LogP contribution >= 0.6 is 0 Å². The molecule has 0 saturated carbocycles. The normalized spacial score (nSPS) is 11.9. The third-order valence-corrected chi connectivity index (χ3v) is 2.36. The maximum atomic E-state index is 11.7. The molecule has 0 unspecified atom stereocenters. The molecule has 2 aromatic heterocycles. The zero-order valence-electron chi connectivity index (χ0n) is 9.19. The summed E-state index contributed by atoms with van der Waals surface area (Å²) in [6.45, 7) is 6.14. The summed E-state index contributed by atoms with van der Waals surface area (Å²) < 4.78 is 1.83. The van der Waals surface area contributed by atoms with Gasteiger partial charge in [-0.2, -0.15) is 4.40 Å². The fourth-order valence-corrected chi connectivity index (χ4v) is 1.44. The highest BCUT2D eigenvalue weighted by atomic mass is 16.3. The lowest BCUT2D eigenvalue weighted by Crippen LogP contribution is -2.28. The van der Waals surface area contributed by atoms with E-state index in [1.807, 2.05) is 49.7 Å². The molecule has 0 bridgehead atoms. The first kappa shape index (κ1) is 9.90. The second kappa shape index (κ2) is 3.19. The van der Waals surface area contributed by atoms with Crippen LogP contribution in [-0.4, -0.2) is 4.98 Å². The van der Waals surface area contributed by atoms with Gasteiger partial charge in [0.15, 0.2) is 12.4 Å². The van der Waals surface area contributed by atoms with Crippen LogP contribution in [0.5, 0.6) is 5.88 Å². The van der Waals surface area contributed by atoms with Crippen LogP contribution in [0.2, 0.25) is 0 Å². The van der Waals surface area contributed by atoms with Gasteiger partial charge in [0, 0.05) is 17.5 Å². The van der Waals surface area contributed by atoms with Gasteiger partial charge >= 0.3 is 0 Å². The topological polar surface area (TPSA) is 40.0 Å². The van der Waals surface area contributed by atoms with Gasteiger partial charge in [0.1, 0.15) is 5.69 Å². The van der Waals surface area contributed by atoms with Gasteiger partial charge in [0.2, 0.25) is 5.52 Å². The van der Waals surface area contributed by atoms with Crippen molar-refractivity contribution in [3.8, 4) is 5.88 Å². The Labute approximate surface area is 89.0 Å². The number of fused-ring (bicyclic) bond motifs is 1. The molecule has 2 heterocycles. The SMILES string of the molecule is CC(C)(C)c1c[n+]2ccccc2c([O-])n1. The number of rotatable bonds is 0. The minimum Gasteiger partial charge on any atom is -0.854 e. The predicted octanol–water partition coefficient (Wildman–Crippen LogP) is 1.19.